The van der Waals surface area contributed by atoms with Crippen LogP contribution in [0.2, 0.25) is 0 Å². The van der Waals surface area contributed by atoms with Gasteiger partial charge >= 0.3 is 12.0 Å². The van der Waals surface area contributed by atoms with Crippen molar-refractivity contribution in [2.45, 2.75) is 38.9 Å². The zero-order valence-corrected chi connectivity index (χ0v) is 13.6. The average molecular weight is 302 g/mol. The summed E-state index contributed by atoms with van der Waals surface area (Å²) in [5.41, 5.74) is -0.788. The maximum absolute atomic E-state index is 12.1. The Morgan fingerprint density at radius 3 is 2.50 bits per heavy atom. The number of rotatable bonds is 6. The summed E-state index contributed by atoms with van der Waals surface area (Å²) >= 11 is 1.77. The number of nitrogens with zero attached hydrogens (tertiary/aromatic N) is 1. The number of carboxylic acids is 1. The Balaban J connectivity index is 2.50. The fourth-order valence-corrected chi connectivity index (χ4v) is 2.86. The monoisotopic (exact) mass is 302 g/mol. The van der Waals surface area contributed by atoms with Gasteiger partial charge in [0.1, 0.15) is 0 Å². The molecule has 0 aromatic heterocycles. The largest absolute Gasteiger partial charge is 0.481 e. The highest BCUT2D eigenvalue weighted by atomic mass is 32.2. The van der Waals surface area contributed by atoms with Gasteiger partial charge in [-0.15, -0.1) is 0 Å². The zero-order valence-electron chi connectivity index (χ0n) is 12.8. The molecule has 116 valence electrons. The van der Waals surface area contributed by atoms with Crippen LogP contribution in [0.1, 0.15) is 33.6 Å². The van der Waals surface area contributed by atoms with Crippen LogP contribution in [0.25, 0.3) is 0 Å². The van der Waals surface area contributed by atoms with E-state index in [-0.39, 0.29) is 11.9 Å². The topological polar surface area (TPSA) is 69.6 Å². The molecule has 6 heteroatoms. The lowest BCUT2D eigenvalue weighted by Crippen LogP contribution is -2.44. The molecule has 2 amide bonds. The maximum atomic E-state index is 12.1. The molecule has 0 aromatic carbocycles. The third kappa shape index (κ3) is 3.81. The van der Waals surface area contributed by atoms with Crippen LogP contribution in [0.4, 0.5) is 4.79 Å². The van der Waals surface area contributed by atoms with Crippen molar-refractivity contribution >= 4 is 23.8 Å². The van der Waals surface area contributed by atoms with E-state index < -0.39 is 11.4 Å². The Labute approximate surface area is 125 Å². The summed E-state index contributed by atoms with van der Waals surface area (Å²) in [4.78, 5) is 25.2. The first-order valence-corrected chi connectivity index (χ1v) is 8.41. The van der Waals surface area contributed by atoms with Crippen molar-refractivity contribution < 1.29 is 14.7 Å². The minimum absolute atomic E-state index is 0.0225. The normalized spacial score (nSPS) is 23.9. The molecule has 1 aliphatic heterocycles. The number of urea groups is 1. The van der Waals surface area contributed by atoms with Crippen LogP contribution in [0.3, 0.4) is 0 Å². The van der Waals surface area contributed by atoms with Crippen molar-refractivity contribution in [3.63, 3.8) is 0 Å². The molecule has 0 bridgehead atoms. The summed E-state index contributed by atoms with van der Waals surface area (Å²) < 4.78 is 0. The summed E-state index contributed by atoms with van der Waals surface area (Å²) in [5.74, 6) is -0.770. The second-order valence-electron chi connectivity index (χ2n) is 5.85. The predicted molar refractivity (Wildman–Crippen MR) is 82.1 cm³/mol. The molecule has 1 rings (SSSR count). The summed E-state index contributed by atoms with van der Waals surface area (Å²) in [6.45, 7) is 7.42. The Hall–Kier alpha value is -0.910. The van der Waals surface area contributed by atoms with Gasteiger partial charge in [-0.2, -0.15) is 11.8 Å². The number of hydrogen-bond acceptors (Lipinski definition) is 3. The first kappa shape index (κ1) is 17.1. The number of nitrogens with one attached hydrogen (secondary N) is 1. The minimum atomic E-state index is -0.793. The van der Waals surface area contributed by atoms with Gasteiger partial charge in [-0.3, -0.25) is 4.79 Å². The summed E-state index contributed by atoms with van der Waals surface area (Å²) in [7, 11) is 0. The number of carboxylic acid groups (broad SMARTS) is 1. The van der Waals surface area contributed by atoms with E-state index in [2.05, 4.69) is 18.5 Å². The molecular weight excluding hydrogens is 276 g/mol. The molecule has 0 aromatic rings. The van der Waals surface area contributed by atoms with Crippen LogP contribution >= 0.6 is 11.8 Å². The van der Waals surface area contributed by atoms with E-state index in [4.69, 9.17) is 0 Å². The SMILES string of the molecule is CSC(C)CCNC(=O)N1CCC(C(=O)O)(C(C)C)C1. The average Bonchev–Trinajstić information content (AvgIpc) is 2.84. The van der Waals surface area contributed by atoms with Crippen molar-refractivity contribution in [3.8, 4) is 0 Å². The van der Waals surface area contributed by atoms with Gasteiger partial charge in [0.2, 0.25) is 0 Å². The summed E-state index contributed by atoms with van der Waals surface area (Å²) in [6, 6.07) is -0.137. The number of carbonyl (C=O) groups is 2. The van der Waals surface area contributed by atoms with Crippen LogP contribution in [0.15, 0.2) is 0 Å². The Bertz CT molecular complexity index is 362. The Morgan fingerprint density at radius 2 is 2.05 bits per heavy atom. The highest BCUT2D eigenvalue weighted by Gasteiger charge is 2.48. The van der Waals surface area contributed by atoms with Crippen LogP contribution in [0.5, 0.6) is 0 Å². The first-order chi connectivity index (χ1) is 9.33. The number of hydrogen-bond donors (Lipinski definition) is 2. The predicted octanol–water partition coefficient (Wildman–Crippen LogP) is 2.27. The van der Waals surface area contributed by atoms with Gasteiger partial charge < -0.3 is 15.3 Å². The molecule has 0 aliphatic carbocycles. The zero-order chi connectivity index (χ0) is 15.3. The van der Waals surface area contributed by atoms with Gasteiger partial charge in [-0.05, 0) is 25.0 Å². The van der Waals surface area contributed by atoms with Gasteiger partial charge in [0, 0.05) is 24.9 Å². The number of likely N-dealkylation sites (tertiary alicyclic amines) is 1. The Morgan fingerprint density at radius 1 is 1.40 bits per heavy atom. The number of thioether (sulfide) groups is 1. The number of aliphatic carboxylic acids is 1. The second kappa shape index (κ2) is 7.20. The van der Waals surface area contributed by atoms with Crippen molar-refractivity contribution in [2.24, 2.45) is 11.3 Å². The fraction of sp³-hybridized carbons (Fsp3) is 0.857. The molecule has 2 unspecified atom stereocenters. The van der Waals surface area contributed by atoms with E-state index in [1.54, 1.807) is 16.7 Å². The van der Waals surface area contributed by atoms with Crippen LogP contribution < -0.4 is 5.32 Å². The van der Waals surface area contributed by atoms with Crippen LogP contribution in [0, 0.1) is 11.3 Å². The van der Waals surface area contributed by atoms with E-state index in [0.717, 1.165) is 6.42 Å². The standard InChI is InChI=1S/C14H26N2O3S/c1-10(2)14(12(17)18)6-8-16(9-14)13(19)15-7-5-11(3)20-4/h10-11H,5-9H2,1-4H3,(H,15,19)(H,17,18). The second-order valence-corrected chi connectivity index (χ2v) is 7.13. The van der Waals surface area contributed by atoms with Gasteiger partial charge in [0.25, 0.3) is 0 Å². The quantitative estimate of drug-likeness (QED) is 0.789. The maximum Gasteiger partial charge on any atom is 0.317 e. The highest BCUT2D eigenvalue weighted by Crippen LogP contribution is 2.38. The summed E-state index contributed by atoms with van der Waals surface area (Å²) in [6.07, 6.45) is 3.51. The highest BCUT2D eigenvalue weighted by molar-refractivity contribution is 7.99. The number of amides is 2. The van der Waals surface area contributed by atoms with E-state index in [1.165, 1.54) is 0 Å². The molecule has 1 fully saturated rings. The van der Waals surface area contributed by atoms with E-state index >= 15 is 0 Å². The van der Waals surface area contributed by atoms with Crippen LogP contribution in [-0.2, 0) is 4.79 Å². The summed E-state index contributed by atoms with van der Waals surface area (Å²) in [5, 5.41) is 12.9. The molecule has 2 atom stereocenters. The molecule has 20 heavy (non-hydrogen) atoms. The lowest BCUT2D eigenvalue weighted by Gasteiger charge is -2.28. The molecule has 1 heterocycles. The smallest absolute Gasteiger partial charge is 0.317 e. The van der Waals surface area contributed by atoms with Crippen molar-refractivity contribution in [2.75, 3.05) is 25.9 Å². The van der Waals surface area contributed by atoms with Gasteiger partial charge in [0.15, 0.2) is 0 Å². The molecule has 0 spiro atoms. The molecule has 5 nitrogen and oxygen atoms in total. The van der Waals surface area contributed by atoms with E-state index in [1.807, 2.05) is 13.8 Å². The first-order valence-electron chi connectivity index (χ1n) is 7.12. The van der Waals surface area contributed by atoms with Crippen LogP contribution in [-0.4, -0.2) is 53.1 Å². The fourth-order valence-electron chi connectivity index (χ4n) is 2.51. The van der Waals surface area contributed by atoms with Gasteiger partial charge in [-0.1, -0.05) is 20.8 Å². The molecule has 0 saturated carbocycles. The minimum Gasteiger partial charge on any atom is -0.481 e. The van der Waals surface area contributed by atoms with Gasteiger partial charge in [-0.25, -0.2) is 4.79 Å². The number of carbonyl (C=O) groups excluding carboxylic acids is 1. The Kier molecular flexibility index (Phi) is 6.17. The van der Waals surface area contributed by atoms with Crippen molar-refractivity contribution in [1.29, 1.82) is 0 Å². The molecule has 1 saturated heterocycles. The van der Waals surface area contributed by atoms with E-state index in [9.17, 15) is 14.7 Å². The van der Waals surface area contributed by atoms with E-state index in [0.29, 0.717) is 31.3 Å². The third-order valence-corrected chi connectivity index (χ3v) is 5.39. The lowest BCUT2D eigenvalue weighted by molar-refractivity contribution is -0.150. The third-order valence-electron chi connectivity index (χ3n) is 4.35. The molecule has 1 aliphatic rings. The molecular formula is C14H26N2O3S. The molecule has 0 radical (unpaired) electrons. The van der Waals surface area contributed by atoms with Crippen molar-refractivity contribution in [3.05, 3.63) is 0 Å². The lowest BCUT2D eigenvalue weighted by atomic mass is 9.76. The van der Waals surface area contributed by atoms with Gasteiger partial charge in [0.05, 0.1) is 5.41 Å². The van der Waals surface area contributed by atoms with Crippen molar-refractivity contribution in [1.82, 2.24) is 10.2 Å². The molecule has 2 N–H and O–H groups in total.